The van der Waals surface area contributed by atoms with E-state index in [1.165, 1.54) is 109 Å². The summed E-state index contributed by atoms with van der Waals surface area (Å²) in [6.07, 6.45) is 29.7. The second-order valence-electron chi connectivity index (χ2n) is 11.3. The van der Waals surface area contributed by atoms with E-state index in [0.717, 1.165) is 56.8 Å². The molecule has 39 heavy (non-hydrogen) atoms. The number of ether oxygens (including phenoxy) is 1. The second kappa shape index (κ2) is 26.0. The SMILES string of the molecule is CCCCCCCCCCCCCCCCCC[N+]1(CN2CCCC2=O)CCOCC1.[Cl-].[Cl-].c1cnc[nH+]c1. The van der Waals surface area contributed by atoms with Crippen molar-refractivity contribution in [1.82, 2.24) is 9.88 Å². The number of rotatable bonds is 19. The summed E-state index contributed by atoms with van der Waals surface area (Å²) in [6.45, 7) is 9.32. The van der Waals surface area contributed by atoms with E-state index < -0.39 is 0 Å². The van der Waals surface area contributed by atoms with Gasteiger partial charge in [0.2, 0.25) is 5.91 Å². The normalized spacial score (nSPS) is 16.1. The van der Waals surface area contributed by atoms with Crippen LogP contribution in [0.25, 0.3) is 0 Å². The maximum atomic E-state index is 12.1. The molecule has 8 heteroatoms. The van der Waals surface area contributed by atoms with Crippen LogP contribution in [0, 0.1) is 0 Å². The van der Waals surface area contributed by atoms with Crippen LogP contribution in [0.2, 0.25) is 0 Å². The van der Waals surface area contributed by atoms with E-state index in [0.29, 0.717) is 5.91 Å². The van der Waals surface area contributed by atoms with Gasteiger partial charge in [-0.05, 0) is 19.3 Å². The highest BCUT2D eigenvalue weighted by molar-refractivity contribution is 5.77. The first-order valence-electron chi connectivity index (χ1n) is 15.7. The number of nitrogens with one attached hydrogen (secondary N) is 1. The van der Waals surface area contributed by atoms with Crippen LogP contribution in [0.5, 0.6) is 0 Å². The lowest BCUT2D eigenvalue weighted by Crippen LogP contribution is -3.00. The molecule has 0 radical (unpaired) electrons. The predicted octanol–water partition coefficient (Wildman–Crippen LogP) is 0.579. The number of H-pyrrole nitrogens is 1. The molecule has 0 unspecified atom stereocenters. The summed E-state index contributed by atoms with van der Waals surface area (Å²) in [5, 5.41) is 0. The van der Waals surface area contributed by atoms with Gasteiger partial charge in [-0.3, -0.25) is 14.7 Å². The number of carbonyl (C=O) groups excluding carboxylic acids is 1. The number of likely N-dealkylation sites (tertiary alicyclic amines) is 1. The summed E-state index contributed by atoms with van der Waals surface area (Å²) in [5.41, 5.74) is 0. The number of halogens is 2. The number of morpholine rings is 1. The van der Waals surface area contributed by atoms with E-state index in [-0.39, 0.29) is 24.8 Å². The van der Waals surface area contributed by atoms with Gasteiger partial charge >= 0.3 is 0 Å². The fourth-order valence-electron chi connectivity index (χ4n) is 5.65. The largest absolute Gasteiger partial charge is 1.00 e. The first kappa shape index (κ1) is 38.0. The number of hydrogen-bond donors (Lipinski definition) is 0. The van der Waals surface area contributed by atoms with Crippen molar-refractivity contribution >= 4 is 5.91 Å². The molecule has 1 amide bonds. The minimum absolute atomic E-state index is 0. The van der Waals surface area contributed by atoms with Gasteiger partial charge in [0.1, 0.15) is 19.3 Å². The Bertz CT molecular complexity index is 637. The summed E-state index contributed by atoms with van der Waals surface area (Å²) in [6, 6.07) is 1.83. The lowest BCUT2D eigenvalue weighted by molar-refractivity contribution is -0.942. The number of hydrogen-bond acceptors (Lipinski definition) is 3. The smallest absolute Gasteiger partial charge is 0.283 e. The van der Waals surface area contributed by atoms with Crippen LogP contribution in [0.1, 0.15) is 122 Å². The van der Waals surface area contributed by atoms with Crippen LogP contribution in [0.3, 0.4) is 0 Å². The molecular formula is C31H58Cl2N4O2. The van der Waals surface area contributed by atoms with Gasteiger partial charge in [0.15, 0.2) is 6.67 Å². The Labute approximate surface area is 252 Å². The first-order chi connectivity index (χ1) is 18.3. The van der Waals surface area contributed by atoms with Crippen LogP contribution in [0.15, 0.2) is 24.8 Å². The van der Waals surface area contributed by atoms with Crippen LogP contribution >= 0.6 is 0 Å². The number of amides is 1. The monoisotopic (exact) mass is 588 g/mol. The molecule has 2 aliphatic rings. The van der Waals surface area contributed by atoms with Crippen molar-refractivity contribution in [2.24, 2.45) is 0 Å². The molecule has 0 spiro atoms. The molecule has 6 nitrogen and oxygen atoms in total. The lowest BCUT2D eigenvalue weighted by Gasteiger charge is -2.43. The summed E-state index contributed by atoms with van der Waals surface area (Å²) in [5.74, 6) is 0.371. The Balaban J connectivity index is 0.00000159. The van der Waals surface area contributed by atoms with Crippen molar-refractivity contribution < 1.29 is 43.8 Å². The maximum Gasteiger partial charge on any atom is 0.283 e. The molecule has 1 N–H and O–H groups in total. The average Bonchev–Trinajstić information content (AvgIpc) is 3.34. The Hall–Kier alpha value is -0.950. The van der Waals surface area contributed by atoms with E-state index in [4.69, 9.17) is 4.74 Å². The molecule has 228 valence electrons. The zero-order valence-corrected chi connectivity index (χ0v) is 26.4. The second-order valence-corrected chi connectivity index (χ2v) is 11.3. The summed E-state index contributed by atoms with van der Waals surface area (Å²) in [7, 11) is 0. The van der Waals surface area contributed by atoms with Gasteiger partial charge in [-0.15, -0.1) is 0 Å². The summed E-state index contributed by atoms with van der Waals surface area (Å²) in [4.78, 5) is 20.7. The number of quaternary nitrogens is 1. The third kappa shape index (κ3) is 18.9. The van der Waals surface area contributed by atoms with Crippen LogP contribution in [0.4, 0.5) is 0 Å². The third-order valence-corrected chi connectivity index (χ3v) is 8.06. The van der Waals surface area contributed by atoms with E-state index in [2.05, 4.69) is 21.8 Å². The topological polar surface area (TPSA) is 56.6 Å². The number of aromatic nitrogens is 2. The molecule has 2 aliphatic heterocycles. The van der Waals surface area contributed by atoms with Crippen molar-refractivity contribution in [3.63, 3.8) is 0 Å². The molecule has 3 rings (SSSR count). The van der Waals surface area contributed by atoms with Gasteiger partial charge in [0.05, 0.1) is 26.0 Å². The first-order valence-corrected chi connectivity index (χ1v) is 15.7. The molecule has 2 saturated heterocycles. The third-order valence-electron chi connectivity index (χ3n) is 8.06. The Kier molecular flexibility index (Phi) is 25.3. The predicted molar refractivity (Wildman–Crippen MR) is 152 cm³/mol. The lowest BCUT2D eigenvalue weighted by atomic mass is 10.0. The van der Waals surface area contributed by atoms with E-state index >= 15 is 0 Å². The van der Waals surface area contributed by atoms with Crippen molar-refractivity contribution in [2.75, 3.05) is 46.1 Å². The minimum Gasteiger partial charge on any atom is -1.00 e. The van der Waals surface area contributed by atoms with Crippen molar-refractivity contribution in [3.8, 4) is 0 Å². The standard InChI is InChI=1S/C27H53N2O2.C4H4N2.2ClH/c1-2-3-4-5-6-7-8-9-10-11-12-13-14-15-16-17-21-29(22-24-31-25-23-29)26-28-20-18-19-27(28)30;1-2-5-4-6-3-1;;/h2-26H2,1H3;1-4H;2*1H/q+1;;;/p-1. The van der Waals surface area contributed by atoms with Crippen molar-refractivity contribution in [3.05, 3.63) is 24.8 Å². The number of unbranched alkanes of at least 4 members (excludes halogenated alkanes) is 15. The zero-order chi connectivity index (χ0) is 26.3. The van der Waals surface area contributed by atoms with Crippen molar-refractivity contribution in [2.45, 2.75) is 122 Å². The van der Waals surface area contributed by atoms with E-state index in [9.17, 15) is 4.79 Å². The summed E-state index contributed by atoms with van der Waals surface area (Å²) >= 11 is 0. The van der Waals surface area contributed by atoms with Crippen LogP contribution in [-0.2, 0) is 9.53 Å². The summed E-state index contributed by atoms with van der Waals surface area (Å²) < 4.78 is 6.72. The van der Waals surface area contributed by atoms with Crippen molar-refractivity contribution in [1.29, 1.82) is 0 Å². The molecular weight excluding hydrogens is 531 g/mol. The average molecular weight is 590 g/mol. The highest BCUT2D eigenvalue weighted by Gasteiger charge is 2.35. The minimum atomic E-state index is 0. The van der Waals surface area contributed by atoms with E-state index in [1.807, 2.05) is 12.3 Å². The molecule has 0 saturated carbocycles. The fraction of sp³-hybridized carbons (Fsp3) is 0.839. The van der Waals surface area contributed by atoms with Gasteiger partial charge in [0.25, 0.3) is 6.33 Å². The number of aromatic amines is 1. The molecule has 0 aliphatic carbocycles. The number of carbonyl (C=O) groups is 1. The fourth-order valence-corrected chi connectivity index (χ4v) is 5.65. The number of nitrogens with zero attached hydrogens (tertiary/aromatic N) is 3. The molecule has 1 aromatic heterocycles. The molecule has 3 heterocycles. The molecule has 0 atom stereocenters. The zero-order valence-electron chi connectivity index (χ0n) is 24.9. The van der Waals surface area contributed by atoms with Gasteiger partial charge in [-0.1, -0.05) is 102 Å². The van der Waals surface area contributed by atoms with Gasteiger partial charge in [-0.25, -0.2) is 0 Å². The molecule has 1 aromatic rings. The van der Waals surface area contributed by atoms with Crippen LogP contribution < -0.4 is 29.8 Å². The molecule has 0 aromatic carbocycles. The Morgan fingerprint density at radius 1 is 0.846 bits per heavy atom. The molecule has 2 fully saturated rings. The van der Waals surface area contributed by atoms with Gasteiger partial charge in [0, 0.05) is 19.0 Å². The highest BCUT2D eigenvalue weighted by atomic mass is 35.5. The Morgan fingerprint density at radius 3 is 1.77 bits per heavy atom. The highest BCUT2D eigenvalue weighted by Crippen LogP contribution is 2.20. The Morgan fingerprint density at radius 2 is 1.38 bits per heavy atom. The van der Waals surface area contributed by atoms with Crippen LogP contribution in [-0.4, -0.2) is 66.3 Å². The quantitative estimate of drug-likeness (QED) is 0.175. The maximum absolute atomic E-state index is 12.1. The van der Waals surface area contributed by atoms with E-state index in [1.54, 1.807) is 12.5 Å². The van der Waals surface area contributed by atoms with Gasteiger partial charge in [-0.2, -0.15) is 0 Å². The molecule has 0 bridgehead atoms. The van der Waals surface area contributed by atoms with Gasteiger partial charge < -0.3 is 34.0 Å².